The van der Waals surface area contributed by atoms with E-state index in [9.17, 15) is 10.2 Å². The SMILES string of the molecule is CCN(CC(O)COc1cccc2ccccc12)CC(C)(C)O. The van der Waals surface area contributed by atoms with Gasteiger partial charge in [0.1, 0.15) is 18.5 Å². The maximum absolute atomic E-state index is 10.2. The van der Waals surface area contributed by atoms with E-state index in [1.807, 2.05) is 54.3 Å². The van der Waals surface area contributed by atoms with Crippen LogP contribution >= 0.6 is 0 Å². The molecular weight excluding hydrogens is 290 g/mol. The van der Waals surface area contributed by atoms with Gasteiger partial charge < -0.3 is 14.9 Å². The lowest BCUT2D eigenvalue weighted by Gasteiger charge is -2.29. The third kappa shape index (κ3) is 5.50. The summed E-state index contributed by atoms with van der Waals surface area (Å²) in [5.41, 5.74) is -0.772. The third-order valence-electron chi connectivity index (χ3n) is 3.71. The fourth-order valence-corrected chi connectivity index (χ4v) is 2.71. The summed E-state index contributed by atoms with van der Waals surface area (Å²) in [7, 11) is 0. The highest BCUT2D eigenvalue weighted by molar-refractivity contribution is 5.88. The molecule has 2 aromatic rings. The molecule has 0 aliphatic heterocycles. The molecule has 0 radical (unpaired) electrons. The molecule has 0 aliphatic rings. The number of nitrogens with zero attached hydrogens (tertiary/aromatic N) is 1. The van der Waals surface area contributed by atoms with E-state index in [1.165, 1.54) is 0 Å². The average Bonchev–Trinajstić information content (AvgIpc) is 2.51. The van der Waals surface area contributed by atoms with Gasteiger partial charge >= 0.3 is 0 Å². The van der Waals surface area contributed by atoms with Crippen LogP contribution in [0.25, 0.3) is 10.8 Å². The number of aliphatic hydroxyl groups is 2. The van der Waals surface area contributed by atoms with Crippen molar-refractivity contribution >= 4 is 10.8 Å². The summed E-state index contributed by atoms with van der Waals surface area (Å²) in [6.07, 6.45) is -0.601. The first kappa shape index (κ1) is 17.7. The molecule has 4 nitrogen and oxygen atoms in total. The second-order valence-electron chi connectivity index (χ2n) is 6.58. The van der Waals surface area contributed by atoms with Crippen molar-refractivity contribution in [3.8, 4) is 5.75 Å². The Bertz CT molecular complexity index is 616. The van der Waals surface area contributed by atoms with Crippen LogP contribution in [0.2, 0.25) is 0 Å². The molecule has 1 unspecified atom stereocenters. The van der Waals surface area contributed by atoms with Crippen LogP contribution in [0.15, 0.2) is 42.5 Å². The van der Waals surface area contributed by atoms with E-state index in [0.29, 0.717) is 13.1 Å². The Morgan fingerprint density at radius 1 is 1.13 bits per heavy atom. The standard InChI is InChI=1S/C19H27NO3/c1-4-20(14-19(2,3)22)12-16(21)13-23-18-11-7-9-15-8-5-6-10-17(15)18/h5-11,16,21-22H,4,12-14H2,1-3H3. The fourth-order valence-electron chi connectivity index (χ4n) is 2.71. The van der Waals surface area contributed by atoms with Gasteiger partial charge in [-0.25, -0.2) is 0 Å². The van der Waals surface area contributed by atoms with Gasteiger partial charge in [0.05, 0.1) is 5.60 Å². The molecule has 0 saturated heterocycles. The molecule has 0 bridgehead atoms. The Labute approximate surface area is 138 Å². The number of aliphatic hydroxyl groups excluding tert-OH is 1. The molecule has 126 valence electrons. The van der Waals surface area contributed by atoms with Crippen LogP contribution in [-0.2, 0) is 0 Å². The van der Waals surface area contributed by atoms with E-state index in [2.05, 4.69) is 0 Å². The zero-order valence-corrected chi connectivity index (χ0v) is 14.2. The van der Waals surface area contributed by atoms with Crippen LogP contribution in [0.4, 0.5) is 0 Å². The maximum Gasteiger partial charge on any atom is 0.127 e. The minimum absolute atomic E-state index is 0.233. The summed E-state index contributed by atoms with van der Waals surface area (Å²) < 4.78 is 5.82. The molecule has 0 aliphatic carbocycles. The van der Waals surface area contributed by atoms with Gasteiger partial charge in [-0.2, -0.15) is 0 Å². The molecule has 0 fully saturated rings. The minimum atomic E-state index is -0.772. The minimum Gasteiger partial charge on any atom is -0.490 e. The summed E-state index contributed by atoms with van der Waals surface area (Å²) in [6.45, 7) is 7.57. The second-order valence-corrected chi connectivity index (χ2v) is 6.58. The van der Waals surface area contributed by atoms with E-state index in [-0.39, 0.29) is 6.61 Å². The van der Waals surface area contributed by atoms with Crippen LogP contribution in [0, 0.1) is 0 Å². The summed E-state index contributed by atoms with van der Waals surface area (Å²) >= 11 is 0. The molecule has 0 spiro atoms. The highest BCUT2D eigenvalue weighted by Gasteiger charge is 2.19. The van der Waals surface area contributed by atoms with Crippen LogP contribution in [0.1, 0.15) is 20.8 Å². The Kier molecular flexibility index (Phi) is 5.99. The molecule has 0 amide bonds. The lowest BCUT2D eigenvalue weighted by Crippen LogP contribution is -2.43. The lowest BCUT2D eigenvalue weighted by atomic mass is 10.1. The van der Waals surface area contributed by atoms with E-state index >= 15 is 0 Å². The topological polar surface area (TPSA) is 52.9 Å². The summed E-state index contributed by atoms with van der Waals surface area (Å²) in [5.74, 6) is 0.785. The number of likely N-dealkylation sites (N-methyl/N-ethyl adjacent to an activating group) is 1. The van der Waals surface area contributed by atoms with Gasteiger partial charge in [0.15, 0.2) is 0 Å². The van der Waals surface area contributed by atoms with Crippen molar-refractivity contribution < 1.29 is 14.9 Å². The van der Waals surface area contributed by atoms with Crippen LogP contribution in [-0.4, -0.2) is 53.1 Å². The quantitative estimate of drug-likeness (QED) is 0.786. The predicted octanol–water partition coefficient (Wildman–Crippen LogP) is 2.67. The first-order chi connectivity index (χ1) is 10.9. The first-order valence-electron chi connectivity index (χ1n) is 8.12. The fraction of sp³-hybridized carbons (Fsp3) is 0.474. The molecule has 2 rings (SSSR count). The van der Waals surface area contributed by atoms with Crippen molar-refractivity contribution in [2.75, 3.05) is 26.2 Å². The van der Waals surface area contributed by atoms with Crippen molar-refractivity contribution in [1.29, 1.82) is 0 Å². The number of rotatable bonds is 8. The zero-order chi connectivity index (χ0) is 16.9. The molecule has 0 heterocycles. The van der Waals surface area contributed by atoms with E-state index in [0.717, 1.165) is 23.1 Å². The molecule has 1 atom stereocenters. The van der Waals surface area contributed by atoms with Gasteiger partial charge in [-0.15, -0.1) is 0 Å². The summed E-state index contributed by atoms with van der Waals surface area (Å²) in [5, 5.41) is 22.3. The Morgan fingerprint density at radius 3 is 2.52 bits per heavy atom. The van der Waals surface area contributed by atoms with Crippen LogP contribution in [0.3, 0.4) is 0 Å². The Morgan fingerprint density at radius 2 is 1.83 bits per heavy atom. The van der Waals surface area contributed by atoms with Gasteiger partial charge in [0.25, 0.3) is 0 Å². The van der Waals surface area contributed by atoms with Gasteiger partial charge in [-0.1, -0.05) is 43.3 Å². The number of hydrogen-bond donors (Lipinski definition) is 2. The van der Waals surface area contributed by atoms with Crippen molar-refractivity contribution in [2.45, 2.75) is 32.5 Å². The van der Waals surface area contributed by atoms with Crippen LogP contribution in [0.5, 0.6) is 5.75 Å². The van der Waals surface area contributed by atoms with Crippen molar-refractivity contribution in [1.82, 2.24) is 4.90 Å². The zero-order valence-electron chi connectivity index (χ0n) is 14.2. The molecule has 0 aromatic heterocycles. The molecule has 4 heteroatoms. The average molecular weight is 317 g/mol. The van der Waals surface area contributed by atoms with Crippen molar-refractivity contribution in [3.63, 3.8) is 0 Å². The number of fused-ring (bicyclic) bond motifs is 1. The van der Waals surface area contributed by atoms with Gasteiger partial charge in [0.2, 0.25) is 0 Å². The number of benzene rings is 2. The summed E-state index contributed by atoms with van der Waals surface area (Å²) in [6, 6.07) is 14.0. The highest BCUT2D eigenvalue weighted by Crippen LogP contribution is 2.25. The van der Waals surface area contributed by atoms with Crippen molar-refractivity contribution in [2.24, 2.45) is 0 Å². The van der Waals surface area contributed by atoms with Gasteiger partial charge in [-0.3, -0.25) is 4.90 Å². The van der Waals surface area contributed by atoms with E-state index < -0.39 is 11.7 Å². The Hall–Kier alpha value is -1.62. The molecule has 2 aromatic carbocycles. The van der Waals surface area contributed by atoms with Gasteiger partial charge in [0, 0.05) is 18.5 Å². The maximum atomic E-state index is 10.2. The van der Waals surface area contributed by atoms with Crippen LogP contribution < -0.4 is 4.74 Å². The molecule has 0 saturated carbocycles. The predicted molar refractivity (Wildman–Crippen MR) is 93.9 cm³/mol. The first-order valence-corrected chi connectivity index (χ1v) is 8.12. The lowest BCUT2D eigenvalue weighted by molar-refractivity contribution is 0.0117. The number of hydrogen-bond acceptors (Lipinski definition) is 4. The van der Waals surface area contributed by atoms with E-state index in [4.69, 9.17) is 4.74 Å². The van der Waals surface area contributed by atoms with E-state index in [1.54, 1.807) is 13.8 Å². The van der Waals surface area contributed by atoms with Gasteiger partial charge in [-0.05, 0) is 31.8 Å². The second kappa shape index (κ2) is 7.77. The third-order valence-corrected chi connectivity index (χ3v) is 3.71. The normalized spacial score (nSPS) is 13.5. The Balaban J connectivity index is 1.94. The molecule has 23 heavy (non-hydrogen) atoms. The number of ether oxygens (including phenoxy) is 1. The van der Waals surface area contributed by atoms with Crippen molar-refractivity contribution in [3.05, 3.63) is 42.5 Å². The molecule has 2 N–H and O–H groups in total. The smallest absolute Gasteiger partial charge is 0.127 e. The monoisotopic (exact) mass is 317 g/mol. The molecular formula is C19H27NO3. The largest absolute Gasteiger partial charge is 0.490 e. The summed E-state index contributed by atoms with van der Waals surface area (Å²) in [4.78, 5) is 2.02. The highest BCUT2D eigenvalue weighted by atomic mass is 16.5.